The molecule has 4 nitrogen and oxygen atoms in total. The van der Waals surface area contributed by atoms with E-state index >= 15 is 0 Å². The lowest BCUT2D eigenvalue weighted by atomic mass is 10.0. The molecule has 4 heteroatoms. The highest BCUT2D eigenvalue weighted by molar-refractivity contribution is 5.83. The second-order valence-electron chi connectivity index (χ2n) is 5.74. The summed E-state index contributed by atoms with van der Waals surface area (Å²) in [6, 6.07) is 14.5. The minimum absolute atomic E-state index is 0.0522. The van der Waals surface area contributed by atoms with Gasteiger partial charge in [-0.15, -0.1) is 0 Å². The summed E-state index contributed by atoms with van der Waals surface area (Å²) < 4.78 is 0. The van der Waals surface area contributed by atoms with E-state index in [1.54, 1.807) is 0 Å². The zero-order valence-corrected chi connectivity index (χ0v) is 13.3. The van der Waals surface area contributed by atoms with E-state index < -0.39 is 5.97 Å². The molecule has 0 bridgehead atoms. The third-order valence-corrected chi connectivity index (χ3v) is 3.84. The van der Waals surface area contributed by atoms with E-state index in [1.807, 2.05) is 12.1 Å². The highest BCUT2D eigenvalue weighted by Gasteiger charge is 2.03. The quantitative estimate of drug-likeness (QED) is 0.696. The smallest absolute Gasteiger partial charge is 0.303 e. The van der Waals surface area contributed by atoms with Crippen molar-refractivity contribution >= 4 is 22.6 Å². The Labute approximate surface area is 136 Å². The van der Waals surface area contributed by atoms with Crippen LogP contribution in [0.3, 0.4) is 0 Å². The van der Waals surface area contributed by atoms with Crippen LogP contribution in [-0.2, 0) is 16.0 Å². The Morgan fingerprint density at radius 2 is 1.70 bits per heavy atom. The molecule has 0 fully saturated rings. The van der Waals surface area contributed by atoms with Gasteiger partial charge in [-0.3, -0.25) is 9.59 Å². The van der Waals surface area contributed by atoms with E-state index in [9.17, 15) is 9.59 Å². The van der Waals surface area contributed by atoms with Gasteiger partial charge in [0, 0.05) is 19.4 Å². The van der Waals surface area contributed by atoms with Crippen molar-refractivity contribution in [1.29, 1.82) is 0 Å². The van der Waals surface area contributed by atoms with E-state index in [-0.39, 0.29) is 12.3 Å². The maximum absolute atomic E-state index is 11.8. The second kappa shape index (κ2) is 8.93. The maximum Gasteiger partial charge on any atom is 0.303 e. The first-order valence-corrected chi connectivity index (χ1v) is 8.11. The summed E-state index contributed by atoms with van der Waals surface area (Å²) in [5.41, 5.74) is 1.17. The molecule has 0 spiro atoms. The second-order valence-corrected chi connectivity index (χ2v) is 5.74. The largest absolute Gasteiger partial charge is 0.481 e. The predicted octanol–water partition coefficient (Wildman–Crippen LogP) is 3.53. The average Bonchev–Trinajstić information content (AvgIpc) is 2.55. The molecule has 0 heterocycles. The molecule has 0 atom stereocenters. The Morgan fingerprint density at radius 3 is 2.48 bits per heavy atom. The van der Waals surface area contributed by atoms with Gasteiger partial charge in [-0.1, -0.05) is 48.9 Å². The molecule has 0 aromatic heterocycles. The first-order chi connectivity index (χ1) is 11.1. The van der Waals surface area contributed by atoms with Crippen LogP contribution in [-0.4, -0.2) is 23.5 Å². The Kier molecular flexibility index (Phi) is 6.60. The number of unbranched alkanes of at least 4 members (excludes halogenated alkanes) is 2. The summed E-state index contributed by atoms with van der Waals surface area (Å²) in [6.45, 7) is 0.621. The van der Waals surface area contributed by atoms with Crippen LogP contribution in [0.1, 0.15) is 37.7 Å². The summed E-state index contributed by atoms with van der Waals surface area (Å²) in [6.07, 6.45) is 3.74. The fourth-order valence-corrected chi connectivity index (χ4v) is 2.55. The molecule has 1 amide bonds. The number of carbonyl (C=O) groups excluding carboxylic acids is 1. The van der Waals surface area contributed by atoms with Crippen molar-refractivity contribution in [1.82, 2.24) is 5.32 Å². The molecule has 0 aliphatic heterocycles. The maximum atomic E-state index is 11.8. The number of carboxylic acids is 1. The summed E-state index contributed by atoms with van der Waals surface area (Å²) >= 11 is 0. The first kappa shape index (κ1) is 17.0. The summed E-state index contributed by atoms with van der Waals surface area (Å²) in [5.74, 6) is -0.708. The minimum Gasteiger partial charge on any atom is -0.481 e. The molecule has 23 heavy (non-hydrogen) atoms. The number of carbonyl (C=O) groups is 2. The third-order valence-electron chi connectivity index (χ3n) is 3.84. The van der Waals surface area contributed by atoms with Gasteiger partial charge in [0.25, 0.3) is 0 Å². The standard InChI is InChI=1S/C19H23NO3/c21-18(20-13-5-1-2-8-19(22)23)12-10-15-9-11-16-6-3-4-7-17(16)14-15/h3-4,6-7,9,11,14H,1-2,5,8,10,12-13H2,(H,20,21)(H,22,23). The van der Waals surface area contributed by atoms with Gasteiger partial charge < -0.3 is 10.4 Å². The minimum atomic E-state index is -0.760. The van der Waals surface area contributed by atoms with Crippen LogP contribution in [0.15, 0.2) is 42.5 Å². The highest BCUT2D eigenvalue weighted by Crippen LogP contribution is 2.16. The van der Waals surface area contributed by atoms with Crippen molar-refractivity contribution in [3.05, 3.63) is 48.0 Å². The van der Waals surface area contributed by atoms with Crippen molar-refractivity contribution in [3.63, 3.8) is 0 Å². The molecule has 0 aliphatic carbocycles. The fraction of sp³-hybridized carbons (Fsp3) is 0.368. The van der Waals surface area contributed by atoms with Crippen molar-refractivity contribution in [2.75, 3.05) is 6.54 Å². The lowest BCUT2D eigenvalue weighted by molar-refractivity contribution is -0.137. The van der Waals surface area contributed by atoms with Crippen molar-refractivity contribution in [2.45, 2.75) is 38.5 Å². The van der Waals surface area contributed by atoms with Gasteiger partial charge in [0.05, 0.1) is 0 Å². The van der Waals surface area contributed by atoms with Crippen LogP contribution in [0, 0.1) is 0 Å². The molecule has 2 rings (SSSR count). The van der Waals surface area contributed by atoms with Gasteiger partial charge in [0.2, 0.25) is 5.91 Å². The first-order valence-electron chi connectivity index (χ1n) is 8.11. The van der Waals surface area contributed by atoms with E-state index in [2.05, 4.69) is 35.6 Å². The van der Waals surface area contributed by atoms with Crippen LogP contribution in [0.2, 0.25) is 0 Å². The van der Waals surface area contributed by atoms with Crippen molar-refractivity contribution < 1.29 is 14.7 Å². The van der Waals surface area contributed by atoms with E-state index in [0.717, 1.165) is 19.3 Å². The number of aliphatic carboxylic acids is 1. The molecule has 0 saturated heterocycles. The van der Waals surface area contributed by atoms with Gasteiger partial charge in [-0.05, 0) is 35.6 Å². The van der Waals surface area contributed by atoms with Crippen LogP contribution in [0.4, 0.5) is 0 Å². The summed E-state index contributed by atoms with van der Waals surface area (Å²) in [4.78, 5) is 22.2. The number of fused-ring (bicyclic) bond motifs is 1. The predicted molar refractivity (Wildman–Crippen MR) is 91.4 cm³/mol. The number of hydrogen-bond donors (Lipinski definition) is 2. The molecule has 2 aromatic carbocycles. The van der Waals surface area contributed by atoms with Gasteiger partial charge in [-0.2, -0.15) is 0 Å². The van der Waals surface area contributed by atoms with Crippen LogP contribution < -0.4 is 5.32 Å². The number of amides is 1. The molecule has 122 valence electrons. The zero-order valence-electron chi connectivity index (χ0n) is 13.3. The molecule has 0 unspecified atom stereocenters. The van der Waals surface area contributed by atoms with Crippen LogP contribution in [0.5, 0.6) is 0 Å². The van der Waals surface area contributed by atoms with Crippen molar-refractivity contribution in [3.8, 4) is 0 Å². The molecular formula is C19H23NO3. The Bertz CT molecular complexity index is 666. The van der Waals surface area contributed by atoms with Crippen molar-refractivity contribution in [2.24, 2.45) is 0 Å². The molecule has 2 N–H and O–H groups in total. The molecule has 0 saturated carbocycles. The average molecular weight is 313 g/mol. The van der Waals surface area contributed by atoms with Gasteiger partial charge in [0.1, 0.15) is 0 Å². The SMILES string of the molecule is O=C(O)CCCCCNC(=O)CCc1ccc2ccccc2c1. The molecular weight excluding hydrogens is 290 g/mol. The van der Waals surface area contributed by atoms with E-state index in [4.69, 9.17) is 5.11 Å². The van der Waals surface area contributed by atoms with E-state index in [1.165, 1.54) is 16.3 Å². The third kappa shape index (κ3) is 6.10. The van der Waals surface area contributed by atoms with Crippen LogP contribution in [0.25, 0.3) is 10.8 Å². The number of aryl methyl sites for hydroxylation is 1. The van der Waals surface area contributed by atoms with Crippen LogP contribution >= 0.6 is 0 Å². The number of carboxylic acid groups (broad SMARTS) is 1. The molecule has 0 aliphatic rings. The molecule has 0 radical (unpaired) electrons. The van der Waals surface area contributed by atoms with Gasteiger partial charge >= 0.3 is 5.97 Å². The number of rotatable bonds is 9. The van der Waals surface area contributed by atoms with Gasteiger partial charge in [-0.25, -0.2) is 0 Å². The van der Waals surface area contributed by atoms with Gasteiger partial charge in [0.15, 0.2) is 0 Å². The summed E-state index contributed by atoms with van der Waals surface area (Å²) in [7, 11) is 0. The Balaban J connectivity index is 1.66. The number of benzene rings is 2. The number of nitrogens with one attached hydrogen (secondary N) is 1. The molecule has 2 aromatic rings. The monoisotopic (exact) mass is 313 g/mol. The Morgan fingerprint density at radius 1 is 0.913 bits per heavy atom. The topological polar surface area (TPSA) is 66.4 Å². The lowest BCUT2D eigenvalue weighted by Crippen LogP contribution is -2.24. The number of hydrogen-bond acceptors (Lipinski definition) is 2. The Hall–Kier alpha value is -2.36. The zero-order chi connectivity index (χ0) is 16.5. The highest BCUT2D eigenvalue weighted by atomic mass is 16.4. The summed E-state index contributed by atoms with van der Waals surface area (Å²) in [5, 5.41) is 13.8. The lowest BCUT2D eigenvalue weighted by Gasteiger charge is -2.06. The normalized spacial score (nSPS) is 10.6. The fourth-order valence-electron chi connectivity index (χ4n) is 2.55. The van der Waals surface area contributed by atoms with E-state index in [0.29, 0.717) is 19.4 Å².